The van der Waals surface area contributed by atoms with Gasteiger partial charge in [0, 0.05) is 36.9 Å². The van der Waals surface area contributed by atoms with Gasteiger partial charge in [0.05, 0.1) is 60.8 Å². The van der Waals surface area contributed by atoms with Gasteiger partial charge in [-0.1, -0.05) is 29.8 Å². The molecule has 2 aliphatic heterocycles. The summed E-state index contributed by atoms with van der Waals surface area (Å²) in [7, 11) is 3.06. The van der Waals surface area contributed by atoms with E-state index in [1.165, 1.54) is 20.3 Å². The van der Waals surface area contributed by atoms with Crippen LogP contribution in [0.4, 0.5) is 11.6 Å². The summed E-state index contributed by atoms with van der Waals surface area (Å²) in [6.07, 6.45) is 5.60. The fraction of sp³-hybridized carbons (Fsp3) is 0.407. The Bertz CT molecular complexity index is 1350. The van der Waals surface area contributed by atoms with Gasteiger partial charge in [0.1, 0.15) is 23.1 Å². The fourth-order valence-corrected chi connectivity index (χ4v) is 5.62. The number of carbonyl (C=O) groups excluding carboxylic acids is 1. The van der Waals surface area contributed by atoms with Crippen molar-refractivity contribution >= 4 is 51.5 Å². The average Bonchev–Trinajstić information content (AvgIpc) is 3.61. The van der Waals surface area contributed by atoms with E-state index in [9.17, 15) is 4.79 Å². The van der Waals surface area contributed by atoms with Crippen molar-refractivity contribution in [3.05, 3.63) is 41.0 Å². The summed E-state index contributed by atoms with van der Waals surface area (Å²) in [4.78, 5) is 28.6. The molecule has 2 fully saturated rings. The fourth-order valence-electron chi connectivity index (χ4n) is 4.95. The third-order valence-electron chi connectivity index (χ3n) is 6.99. The number of benzene rings is 1. The zero-order chi connectivity index (χ0) is 26.8. The summed E-state index contributed by atoms with van der Waals surface area (Å²) in [5.74, 6) is 2.68. The monoisotopic (exact) mass is 557 g/mol. The summed E-state index contributed by atoms with van der Waals surface area (Å²) < 4.78 is 16.5. The number of hydrogen-bond donors (Lipinski definition) is 1. The third kappa shape index (κ3) is 5.10. The molecule has 1 aromatic carbocycles. The molecule has 0 bridgehead atoms. The topological polar surface area (TPSA) is 98.7 Å². The number of aromatic nitrogens is 3. The normalized spacial score (nSPS) is 19.1. The van der Waals surface area contributed by atoms with Crippen molar-refractivity contribution in [2.24, 2.45) is 5.92 Å². The molecule has 2 atom stereocenters. The lowest BCUT2D eigenvalue weighted by Gasteiger charge is -2.22. The second-order valence-corrected chi connectivity index (χ2v) is 10.1. The van der Waals surface area contributed by atoms with E-state index < -0.39 is 0 Å². The zero-order valence-electron chi connectivity index (χ0n) is 21.3. The van der Waals surface area contributed by atoms with Crippen LogP contribution in [0.2, 0.25) is 10.0 Å². The molecule has 0 amide bonds. The maximum Gasteiger partial charge on any atom is 0.165 e. The predicted molar refractivity (Wildman–Crippen MR) is 149 cm³/mol. The molecule has 2 saturated heterocycles. The Morgan fingerprint density at radius 3 is 2.53 bits per heavy atom. The van der Waals surface area contributed by atoms with Crippen molar-refractivity contribution in [1.29, 1.82) is 0 Å². The molecule has 38 heavy (non-hydrogen) atoms. The van der Waals surface area contributed by atoms with Crippen molar-refractivity contribution < 1.29 is 19.0 Å². The maximum atomic E-state index is 11.9. The van der Waals surface area contributed by atoms with Crippen LogP contribution in [0.5, 0.6) is 11.5 Å². The smallest absolute Gasteiger partial charge is 0.165 e. The molecule has 0 unspecified atom stereocenters. The van der Waals surface area contributed by atoms with Crippen molar-refractivity contribution in [3.8, 4) is 22.9 Å². The van der Waals surface area contributed by atoms with Crippen LogP contribution in [-0.4, -0.2) is 67.3 Å². The van der Waals surface area contributed by atoms with Gasteiger partial charge in [0.15, 0.2) is 11.6 Å². The number of ether oxygens (including phenoxy) is 3. The van der Waals surface area contributed by atoms with Gasteiger partial charge >= 0.3 is 0 Å². The van der Waals surface area contributed by atoms with E-state index in [2.05, 4.69) is 21.8 Å². The average molecular weight is 558 g/mol. The van der Waals surface area contributed by atoms with Crippen LogP contribution in [0.25, 0.3) is 22.3 Å². The molecule has 3 aromatic rings. The molecule has 200 valence electrons. The second kappa shape index (κ2) is 11.3. The number of carbonyl (C=O) groups is 1. The van der Waals surface area contributed by atoms with E-state index in [1.807, 2.05) is 6.07 Å². The quantitative estimate of drug-likeness (QED) is 0.356. The lowest BCUT2D eigenvalue weighted by Crippen LogP contribution is -2.29. The highest BCUT2D eigenvalue weighted by atomic mass is 35.5. The van der Waals surface area contributed by atoms with Gasteiger partial charge in [0.2, 0.25) is 0 Å². The number of nitrogens with zero attached hydrogens (tertiary/aromatic N) is 4. The number of allylic oxidation sites excluding steroid dienone is 1. The van der Waals surface area contributed by atoms with Crippen molar-refractivity contribution in [3.63, 3.8) is 0 Å². The van der Waals surface area contributed by atoms with Crippen LogP contribution >= 0.6 is 23.2 Å². The highest BCUT2D eigenvalue weighted by Gasteiger charge is 2.30. The molecular formula is C27H29Cl2N5O4. The van der Waals surface area contributed by atoms with Crippen LogP contribution in [0, 0.1) is 5.92 Å². The number of ketones is 1. The van der Waals surface area contributed by atoms with Crippen LogP contribution in [0.3, 0.4) is 0 Å². The van der Waals surface area contributed by atoms with E-state index >= 15 is 0 Å². The molecule has 2 aromatic heterocycles. The summed E-state index contributed by atoms with van der Waals surface area (Å²) in [5.41, 5.74) is 1.09. The van der Waals surface area contributed by atoms with E-state index in [-0.39, 0.29) is 17.7 Å². The summed E-state index contributed by atoms with van der Waals surface area (Å²) in [6.45, 7) is 6.35. The Hall–Kier alpha value is -3.14. The van der Waals surface area contributed by atoms with E-state index in [0.717, 1.165) is 37.1 Å². The zero-order valence-corrected chi connectivity index (χ0v) is 22.8. The first-order valence-electron chi connectivity index (χ1n) is 12.5. The van der Waals surface area contributed by atoms with Crippen LogP contribution in [-0.2, 0) is 9.53 Å². The minimum absolute atomic E-state index is 0.00233. The van der Waals surface area contributed by atoms with Crippen LogP contribution in [0.1, 0.15) is 19.3 Å². The number of methoxy groups -OCH3 is 2. The van der Waals surface area contributed by atoms with E-state index in [0.29, 0.717) is 63.9 Å². The predicted octanol–water partition coefficient (Wildman–Crippen LogP) is 5.19. The Labute approximate surface area is 231 Å². The third-order valence-corrected chi connectivity index (χ3v) is 7.74. The van der Waals surface area contributed by atoms with Gasteiger partial charge in [-0.3, -0.25) is 4.79 Å². The van der Waals surface area contributed by atoms with Crippen LogP contribution in [0.15, 0.2) is 31.0 Å². The van der Waals surface area contributed by atoms with Gasteiger partial charge in [-0.15, -0.1) is 0 Å². The van der Waals surface area contributed by atoms with Gasteiger partial charge in [0.25, 0.3) is 0 Å². The number of halogens is 2. The minimum Gasteiger partial charge on any atom is -0.495 e. The molecule has 4 heterocycles. The summed E-state index contributed by atoms with van der Waals surface area (Å²) >= 11 is 13.4. The molecule has 5 rings (SSSR count). The van der Waals surface area contributed by atoms with E-state index in [4.69, 9.17) is 47.4 Å². The highest BCUT2D eigenvalue weighted by molar-refractivity contribution is 6.41. The first kappa shape index (κ1) is 26.5. The summed E-state index contributed by atoms with van der Waals surface area (Å²) in [5, 5.41) is 4.91. The van der Waals surface area contributed by atoms with Crippen molar-refractivity contribution in [1.82, 2.24) is 15.0 Å². The Balaban J connectivity index is 1.58. The molecule has 0 radical (unpaired) electrons. The molecule has 0 spiro atoms. The molecule has 0 saturated carbocycles. The lowest BCUT2D eigenvalue weighted by atomic mass is 9.97. The lowest BCUT2D eigenvalue weighted by molar-refractivity contribution is -0.115. The highest BCUT2D eigenvalue weighted by Crippen LogP contribution is 2.46. The number of nitrogens with one attached hydrogen (secondary N) is 1. The van der Waals surface area contributed by atoms with E-state index in [1.54, 1.807) is 12.3 Å². The Kier molecular flexibility index (Phi) is 7.88. The number of anilines is 2. The molecule has 0 aliphatic carbocycles. The number of pyridine rings is 1. The van der Waals surface area contributed by atoms with Gasteiger partial charge in [-0.05, 0) is 25.0 Å². The minimum atomic E-state index is -0.0406. The largest absolute Gasteiger partial charge is 0.495 e. The van der Waals surface area contributed by atoms with Gasteiger partial charge in [-0.25, -0.2) is 15.0 Å². The standard InChI is InChI=1S/C27H29Cl2N5O4/c1-4-16(35)9-15-13-38-14-19(15)31-22-10-17-18(12-30-22)32-26(33-27(17)34-7-5-6-8-34)23-24(28)20(36-2)11-21(37-3)25(23)29/h4,10-12,15,19H,1,5-9,13-14H2,2-3H3,(H,30,31)/t15-,19+/m0/s1. The number of rotatable bonds is 9. The second-order valence-electron chi connectivity index (χ2n) is 9.36. The number of fused-ring (bicyclic) bond motifs is 1. The SMILES string of the molecule is C=CC(=O)C[C@H]1COC[C@H]1Nc1cc2c(N3CCCC3)nc(-c3c(Cl)c(OC)cc(OC)c3Cl)nc2cn1. The van der Waals surface area contributed by atoms with Crippen LogP contribution < -0.4 is 19.7 Å². The Morgan fingerprint density at radius 1 is 1.16 bits per heavy atom. The van der Waals surface area contributed by atoms with Crippen molar-refractivity contribution in [2.75, 3.05) is 50.7 Å². The summed E-state index contributed by atoms with van der Waals surface area (Å²) in [6, 6.07) is 3.55. The molecule has 1 N–H and O–H groups in total. The van der Waals surface area contributed by atoms with Gasteiger partial charge < -0.3 is 24.4 Å². The number of hydrogen-bond acceptors (Lipinski definition) is 9. The first-order valence-corrected chi connectivity index (χ1v) is 13.2. The molecule has 2 aliphatic rings. The maximum absolute atomic E-state index is 11.9. The Morgan fingerprint density at radius 2 is 1.87 bits per heavy atom. The first-order chi connectivity index (χ1) is 18.4. The molecule has 9 nitrogen and oxygen atoms in total. The van der Waals surface area contributed by atoms with Gasteiger partial charge in [-0.2, -0.15) is 0 Å². The molecular weight excluding hydrogens is 529 g/mol. The molecule has 11 heteroatoms. The van der Waals surface area contributed by atoms with Crippen molar-refractivity contribution in [2.45, 2.75) is 25.3 Å².